The largest absolute Gasteiger partial charge is 0.497 e. The molecular formula is C17H18N2O2. The molecule has 3 aromatic rings. The molecule has 0 aliphatic heterocycles. The van der Waals surface area contributed by atoms with Crippen LogP contribution in [0.5, 0.6) is 5.75 Å². The fraction of sp³-hybridized carbons (Fsp3) is 0.235. The number of benzene rings is 2. The topological polar surface area (TPSA) is 47.3 Å². The van der Waals surface area contributed by atoms with Crippen LogP contribution in [0.4, 0.5) is 5.69 Å². The van der Waals surface area contributed by atoms with Crippen LogP contribution in [-0.4, -0.2) is 12.1 Å². The van der Waals surface area contributed by atoms with Crippen molar-refractivity contribution in [2.75, 3.05) is 12.4 Å². The minimum Gasteiger partial charge on any atom is -0.497 e. The number of aromatic nitrogens is 1. The molecule has 0 saturated heterocycles. The molecule has 108 valence electrons. The first kappa shape index (κ1) is 13.5. The van der Waals surface area contributed by atoms with Gasteiger partial charge in [-0.2, -0.15) is 0 Å². The monoisotopic (exact) mass is 282 g/mol. The van der Waals surface area contributed by atoms with Crippen molar-refractivity contribution in [2.45, 2.75) is 19.9 Å². The minimum absolute atomic E-state index is 0.172. The van der Waals surface area contributed by atoms with Crippen LogP contribution in [-0.2, 0) is 0 Å². The average molecular weight is 282 g/mol. The number of oxazole rings is 1. The summed E-state index contributed by atoms with van der Waals surface area (Å²) in [5.41, 5.74) is 3.87. The zero-order valence-electron chi connectivity index (χ0n) is 12.4. The number of nitrogens with one attached hydrogen (secondary N) is 1. The molecule has 3 rings (SSSR count). The first-order valence-corrected chi connectivity index (χ1v) is 6.93. The summed E-state index contributed by atoms with van der Waals surface area (Å²) in [4.78, 5) is 4.35. The van der Waals surface area contributed by atoms with Gasteiger partial charge in [0.2, 0.25) is 0 Å². The van der Waals surface area contributed by atoms with Gasteiger partial charge in [0, 0.05) is 18.7 Å². The molecule has 0 aliphatic rings. The van der Waals surface area contributed by atoms with Crippen molar-refractivity contribution in [3.63, 3.8) is 0 Å². The van der Waals surface area contributed by atoms with Crippen LogP contribution in [0.25, 0.3) is 11.1 Å². The van der Waals surface area contributed by atoms with Gasteiger partial charge in [-0.15, -0.1) is 0 Å². The second-order valence-electron chi connectivity index (χ2n) is 5.06. The Morgan fingerprint density at radius 3 is 2.86 bits per heavy atom. The highest BCUT2D eigenvalue weighted by Gasteiger charge is 2.08. The van der Waals surface area contributed by atoms with Gasteiger partial charge in [-0.25, -0.2) is 4.98 Å². The van der Waals surface area contributed by atoms with Crippen LogP contribution in [0.15, 0.2) is 46.9 Å². The SMILES string of the molecule is COc1cccc(C(C)Nc2ccc3oc(C)nc3c2)c1. The van der Waals surface area contributed by atoms with E-state index in [9.17, 15) is 0 Å². The standard InChI is InChI=1S/C17H18N2O2/c1-11(13-5-4-6-15(9-13)20-3)18-14-7-8-17-16(10-14)19-12(2)21-17/h4-11,18H,1-3H3. The molecule has 4 nitrogen and oxygen atoms in total. The molecule has 0 radical (unpaired) electrons. The Kier molecular flexibility index (Phi) is 3.52. The fourth-order valence-electron chi connectivity index (χ4n) is 2.38. The zero-order valence-corrected chi connectivity index (χ0v) is 12.4. The zero-order chi connectivity index (χ0) is 14.8. The van der Waals surface area contributed by atoms with Gasteiger partial charge >= 0.3 is 0 Å². The lowest BCUT2D eigenvalue weighted by atomic mass is 10.1. The van der Waals surface area contributed by atoms with Gasteiger partial charge in [0.1, 0.15) is 11.3 Å². The Bertz CT molecular complexity index is 764. The predicted octanol–water partition coefficient (Wildman–Crippen LogP) is 4.32. The van der Waals surface area contributed by atoms with Gasteiger partial charge < -0.3 is 14.5 Å². The summed E-state index contributed by atoms with van der Waals surface area (Å²) in [6.07, 6.45) is 0. The lowest BCUT2D eigenvalue weighted by molar-refractivity contribution is 0.414. The first-order chi connectivity index (χ1) is 10.2. The van der Waals surface area contributed by atoms with Gasteiger partial charge in [0.15, 0.2) is 11.5 Å². The summed E-state index contributed by atoms with van der Waals surface area (Å²) in [5, 5.41) is 3.47. The van der Waals surface area contributed by atoms with E-state index in [1.165, 1.54) is 5.56 Å². The van der Waals surface area contributed by atoms with E-state index in [1.54, 1.807) is 7.11 Å². The molecule has 0 saturated carbocycles. The van der Waals surface area contributed by atoms with Gasteiger partial charge in [0.25, 0.3) is 0 Å². The van der Waals surface area contributed by atoms with E-state index in [4.69, 9.17) is 9.15 Å². The van der Waals surface area contributed by atoms with E-state index in [0.717, 1.165) is 22.5 Å². The van der Waals surface area contributed by atoms with Crippen LogP contribution in [0.2, 0.25) is 0 Å². The van der Waals surface area contributed by atoms with Gasteiger partial charge in [-0.1, -0.05) is 12.1 Å². The summed E-state index contributed by atoms with van der Waals surface area (Å²) in [6.45, 7) is 3.97. The highest BCUT2D eigenvalue weighted by Crippen LogP contribution is 2.25. The molecule has 2 aromatic carbocycles. The summed E-state index contributed by atoms with van der Waals surface area (Å²) in [7, 11) is 1.68. The van der Waals surface area contributed by atoms with Crippen molar-refractivity contribution in [1.82, 2.24) is 4.98 Å². The molecule has 1 N–H and O–H groups in total. The van der Waals surface area contributed by atoms with Crippen molar-refractivity contribution in [1.29, 1.82) is 0 Å². The van der Waals surface area contributed by atoms with E-state index >= 15 is 0 Å². The Balaban J connectivity index is 1.83. The Labute approximate surface area is 123 Å². The number of aryl methyl sites for hydroxylation is 1. The van der Waals surface area contributed by atoms with Crippen LogP contribution < -0.4 is 10.1 Å². The Morgan fingerprint density at radius 2 is 2.05 bits per heavy atom. The lowest BCUT2D eigenvalue weighted by Gasteiger charge is -2.16. The molecule has 0 amide bonds. The maximum atomic E-state index is 5.49. The van der Waals surface area contributed by atoms with Crippen LogP contribution in [0, 0.1) is 6.92 Å². The molecule has 21 heavy (non-hydrogen) atoms. The third kappa shape index (κ3) is 2.84. The normalized spacial score (nSPS) is 12.3. The molecule has 0 aliphatic carbocycles. The summed E-state index contributed by atoms with van der Waals surface area (Å²) in [5.74, 6) is 1.55. The van der Waals surface area contributed by atoms with E-state index in [2.05, 4.69) is 23.3 Å². The van der Waals surface area contributed by atoms with Crippen molar-refractivity contribution in [3.05, 3.63) is 53.9 Å². The van der Waals surface area contributed by atoms with Crippen molar-refractivity contribution in [2.24, 2.45) is 0 Å². The van der Waals surface area contributed by atoms with Gasteiger partial charge in [-0.3, -0.25) is 0 Å². The number of fused-ring (bicyclic) bond motifs is 1. The third-order valence-corrected chi connectivity index (χ3v) is 3.47. The van der Waals surface area contributed by atoms with Crippen molar-refractivity contribution in [3.8, 4) is 5.75 Å². The first-order valence-electron chi connectivity index (χ1n) is 6.93. The smallest absolute Gasteiger partial charge is 0.192 e. The number of nitrogens with zero attached hydrogens (tertiary/aromatic N) is 1. The summed E-state index contributed by atoms with van der Waals surface area (Å²) < 4.78 is 10.8. The number of rotatable bonds is 4. The predicted molar refractivity (Wildman–Crippen MR) is 83.8 cm³/mol. The number of hydrogen-bond donors (Lipinski definition) is 1. The second kappa shape index (κ2) is 5.48. The average Bonchev–Trinajstić information content (AvgIpc) is 2.86. The maximum Gasteiger partial charge on any atom is 0.192 e. The fourth-order valence-corrected chi connectivity index (χ4v) is 2.38. The van der Waals surface area contributed by atoms with E-state index in [1.807, 2.05) is 43.3 Å². The van der Waals surface area contributed by atoms with Gasteiger partial charge in [0.05, 0.1) is 7.11 Å². The minimum atomic E-state index is 0.172. The van der Waals surface area contributed by atoms with E-state index in [0.29, 0.717) is 5.89 Å². The highest BCUT2D eigenvalue weighted by molar-refractivity contribution is 5.77. The molecule has 1 atom stereocenters. The van der Waals surface area contributed by atoms with Crippen molar-refractivity contribution >= 4 is 16.8 Å². The Hall–Kier alpha value is -2.49. The molecule has 4 heteroatoms. The van der Waals surface area contributed by atoms with E-state index < -0.39 is 0 Å². The lowest BCUT2D eigenvalue weighted by Crippen LogP contribution is -2.06. The van der Waals surface area contributed by atoms with Crippen LogP contribution in [0.1, 0.15) is 24.4 Å². The number of anilines is 1. The summed E-state index contributed by atoms with van der Waals surface area (Å²) in [6, 6.07) is 14.2. The van der Waals surface area contributed by atoms with Crippen LogP contribution >= 0.6 is 0 Å². The van der Waals surface area contributed by atoms with Crippen LogP contribution in [0.3, 0.4) is 0 Å². The quantitative estimate of drug-likeness (QED) is 0.774. The molecule has 1 unspecified atom stereocenters. The van der Waals surface area contributed by atoms with Gasteiger partial charge in [-0.05, 0) is 42.8 Å². The number of methoxy groups -OCH3 is 1. The van der Waals surface area contributed by atoms with E-state index in [-0.39, 0.29) is 6.04 Å². The highest BCUT2D eigenvalue weighted by atomic mass is 16.5. The second-order valence-corrected chi connectivity index (χ2v) is 5.06. The third-order valence-electron chi connectivity index (χ3n) is 3.47. The maximum absolute atomic E-state index is 5.49. The Morgan fingerprint density at radius 1 is 1.19 bits per heavy atom. The molecule has 1 aromatic heterocycles. The van der Waals surface area contributed by atoms with Crippen molar-refractivity contribution < 1.29 is 9.15 Å². The number of ether oxygens (including phenoxy) is 1. The molecule has 1 heterocycles. The molecular weight excluding hydrogens is 264 g/mol. The summed E-state index contributed by atoms with van der Waals surface area (Å²) >= 11 is 0. The molecule has 0 spiro atoms. The molecule has 0 bridgehead atoms. The number of hydrogen-bond acceptors (Lipinski definition) is 4. The molecule has 0 fully saturated rings.